The molecule has 0 bridgehead atoms. The van der Waals surface area contributed by atoms with Crippen molar-refractivity contribution < 1.29 is 30.0 Å². The molecule has 0 spiro atoms. The van der Waals surface area contributed by atoms with Crippen LogP contribution in [0.1, 0.15) is 13.8 Å². The van der Waals surface area contributed by atoms with Gasteiger partial charge >= 0.3 is 0 Å². The molecule has 0 atom stereocenters. The number of hydrogen-bond donors (Lipinski definition) is 6. The summed E-state index contributed by atoms with van der Waals surface area (Å²) in [6.45, 7) is 2.17. The smallest absolute Gasteiger partial charge is 0.300 e. The van der Waals surface area contributed by atoms with Crippen LogP contribution in [-0.4, -0.2) is 32.4 Å². The van der Waals surface area contributed by atoms with E-state index in [9.17, 15) is 0 Å². The van der Waals surface area contributed by atoms with Crippen molar-refractivity contribution in [1.29, 1.82) is 0 Å². The van der Waals surface area contributed by atoms with Gasteiger partial charge in [-0.15, -0.1) is 0 Å². The molecule has 0 aromatic heterocycles. The van der Waals surface area contributed by atoms with E-state index >= 15 is 0 Å². The van der Waals surface area contributed by atoms with Gasteiger partial charge in [-0.1, -0.05) is 0 Å². The highest BCUT2D eigenvalue weighted by atomic mass is 16.4. The van der Waals surface area contributed by atoms with Crippen molar-refractivity contribution in [3.05, 3.63) is 12.1 Å². The summed E-state index contributed by atoms with van der Waals surface area (Å²) in [6.07, 6.45) is 0. The Hall–Kier alpha value is -2.64. The molecule has 0 unspecified atom stereocenters. The molecule has 18 heavy (non-hydrogen) atoms. The van der Waals surface area contributed by atoms with E-state index in [1.54, 1.807) is 0 Å². The lowest BCUT2D eigenvalue weighted by molar-refractivity contribution is -0.135. The number of aliphatic carboxylic acids is 2. The maximum absolute atomic E-state index is 9.00. The second-order valence-corrected chi connectivity index (χ2v) is 2.97. The van der Waals surface area contributed by atoms with Crippen LogP contribution >= 0.6 is 0 Å². The lowest BCUT2D eigenvalue weighted by Gasteiger charge is -2.02. The average Bonchev–Trinajstić information content (AvgIpc) is 2.19. The van der Waals surface area contributed by atoms with Crippen molar-refractivity contribution >= 4 is 23.3 Å². The van der Waals surface area contributed by atoms with Gasteiger partial charge in [0.25, 0.3) is 11.9 Å². The molecular weight excluding hydrogens is 244 g/mol. The van der Waals surface area contributed by atoms with Gasteiger partial charge in [-0.3, -0.25) is 9.59 Å². The van der Waals surface area contributed by atoms with Gasteiger partial charge < -0.3 is 31.9 Å². The normalized spacial score (nSPS) is 8.11. The van der Waals surface area contributed by atoms with E-state index in [2.05, 4.69) is 0 Å². The molecule has 0 saturated heterocycles. The highest BCUT2D eigenvalue weighted by Gasteiger charge is 2.04. The number of rotatable bonds is 0. The Bertz CT molecular complexity index is 372. The van der Waals surface area contributed by atoms with Gasteiger partial charge in [0, 0.05) is 13.8 Å². The number of hydrogen-bond acceptors (Lipinski definition) is 6. The Balaban J connectivity index is 0. The molecule has 0 saturated carbocycles. The van der Waals surface area contributed by atoms with E-state index in [4.69, 9.17) is 41.5 Å². The fourth-order valence-electron chi connectivity index (χ4n) is 0.612. The van der Waals surface area contributed by atoms with Crippen molar-refractivity contribution in [2.75, 3.05) is 11.5 Å². The zero-order chi connectivity index (χ0) is 14.9. The number of nitrogens with two attached hydrogens (primary N) is 2. The number of anilines is 2. The maximum Gasteiger partial charge on any atom is 0.300 e. The SMILES string of the molecule is CC(=O)O.CC(=O)O.Nc1ccc(O)c(O)c1N. The number of carbonyl (C=O) groups is 2. The summed E-state index contributed by atoms with van der Waals surface area (Å²) in [5.74, 6) is -2.29. The van der Waals surface area contributed by atoms with Crippen LogP contribution in [0.2, 0.25) is 0 Å². The molecule has 1 aromatic rings. The molecule has 0 aliphatic heterocycles. The summed E-state index contributed by atoms with van der Waals surface area (Å²) in [7, 11) is 0. The van der Waals surface area contributed by atoms with E-state index in [0.29, 0.717) is 0 Å². The number of benzene rings is 1. The molecule has 8 nitrogen and oxygen atoms in total. The van der Waals surface area contributed by atoms with Gasteiger partial charge in [-0.05, 0) is 12.1 Å². The lowest BCUT2D eigenvalue weighted by atomic mass is 10.2. The predicted molar refractivity (Wildman–Crippen MR) is 65.2 cm³/mol. The molecule has 1 aromatic carbocycles. The molecule has 1 rings (SSSR count). The minimum Gasteiger partial charge on any atom is -0.504 e. The first-order valence-electron chi connectivity index (χ1n) is 4.54. The van der Waals surface area contributed by atoms with Crippen LogP contribution < -0.4 is 11.5 Å². The van der Waals surface area contributed by atoms with Crippen molar-refractivity contribution in [3.8, 4) is 11.5 Å². The van der Waals surface area contributed by atoms with Gasteiger partial charge in [-0.25, -0.2) is 0 Å². The molecule has 8 heteroatoms. The van der Waals surface area contributed by atoms with E-state index in [1.807, 2.05) is 0 Å². The number of nitrogen functional groups attached to an aromatic ring is 2. The van der Waals surface area contributed by atoms with E-state index in [-0.39, 0.29) is 22.9 Å². The Morgan fingerprint density at radius 3 is 1.61 bits per heavy atom. The molecular formula is C10H16N2O6. The third-order valence-corrected chi connectivity index (χ3v) is 1.23. The summed E-state index contributed by atoms with van der Waals surface area (Å²) in [5.41, 5.74) is 10.8. The van der Waals surface area contributed by atoms with Gasteiger partial charge in [0.1, 0.15) is 5.69 Å². The quantitative estimate of drug-likeness (QED) is 0.222. The average molecular weight is 260 g/mol. The molecule has 0 aliphatic rings. The Morgan fingerprint density at radius 2 is 1.33 bits per heavy atom. The third kappa shape index (κ3) is 9.90. The van der Waals surface area contributed by atoms with Gasteiger partial charge in [0.15, 0.2) is 11.5 Å². The van der Waals surface area contributed by atoms with Crippen LogP contribution in [0.5, 0.6) is 11.5 Å². The zero-order valence-corrected chi connectivity index (χ0v) is 9.91. The van der Waals surface area contributed by atoms with Crippen molar-refractivity contribution in [2.24, 2.45) is 0 Å². The summed E-state index contributed by atoms with van der Waals surface area (Å²) in [4.78, 5) is 18.0. The summed E-state index contributed by atoms with van der Waals surface area (Å²) < 4.78 is 0. The monoisotopic (exact) mass is 260 g/mol. The van der Waals surface area contributed by atoms with Crippen LogP contribution in [-0.2, 0) is 9.59 Å². The molecule has 0 amide bonds. The zero-order valence-electron chi connectivity index (χ0n) is 9.91. The first kappa shape index (κ1) is 17.7. The molecule has 0 aliphatic carbocycles. The number of carboxylic acids is 2. The second-order valence-electron chi connectivity index (χ2n) is 2.97. The maximum atomic E-state index is 9.00. The van der Waals surface area contributed by atoms with Crippen molar-refractivity contribution in [3.63, 3.8) is 0 Å². The number of phenols is 2. The molecule has 102 valence electrons. The second kappa shape index (κ2) is 8.50. The van der Waals surface area contributed by atoms with Crippen LogP contribution in [0.25, 0.3) is 0 Å². The lowest BCUT2D eigenvalue weighted by Crippen LogP contribution is -1.93. The molecule has 0 radical (unpaired) electrons. The number of carboxylic acid groups (broad SMARTS) is 2. The van der Waals surface area contributed by atoms with Crippen LogP contribution in [0.15, 0.2) is 12.1 Å². The van der Waals surface area contributed by atoms with Crippen LogP contribution in [0.3, 0.4) is 0 Å². The Kier molecular flexibility index (Phi) is 8.38. The molecule has 0 fully saturated rings. The first-order valence-corrected chi connectivity index (χ1v) is 4.54. The molecule has 0 heterocycles. The largest absolute Gasteiger partial charge is 0.504 e. The first-order chi connectivity index (χ1) is 8.09. The van der Waals surface area contributed by atoms with E-state index < -0.39 is 11.9 Å². The fraction of sp³-hybridized carbons (Fsp3) is 0.200. The summed E-state index contributed by atoms with van der Waals surface area (Å²) in [5, 5.41) is 32.6. The fourth-order valence-corrected chi connectivity index (χ4v) is 0.612. The van der Waals surface area contributed by atoms with Crippen molar-refractivity contribution in [1.82, 2.24) is 0 Å². The van der Waals surface area contributed by atoms with E-state index in [0.717, 1.165) is 13.8 Å². The summed E-state index contributed by atoms with van der Waals surface area (Å²) >= 11 is 0. The highest BCUT2D eigenvalue weighted by molar-refractivity contribution is 5.73. The predicted octanol–water partition coefficient (Wildman–Crippen LogP) is 0.444. The van der Waals surface area contributed by atoms with Crippen molar-refractivity contribution in [2.45, 2.75) is 13.8 Å². The van der Waals surface area contributed by atoms with E-state index in [1.165, 1.54) is 12.1 Å². The summed E-state index contributed by atoms with van der Waals surface area (Å²) in [6, 6.07) is 2.70. The minimum atomic E-state index is -0.833. The number of aromatic hydroxyl groups is 2. The van der Waals surface area contributed by atoms with Gasteiger partial charge in [-0.2, -0.15) is 0 Å². The Morgan fingerprint density at radius 1 is 1.00 bits per heavy atom. The van der Waals surface area contributed by atoms with Crippen LogP contribution in [0, 0.1) is 0 Å². The Labute approximate surface area is 103 Å². The third-order valence-electron chi connectivity index (χ3n) is 1.23. The van der Waals surface area contributed by atoms with Gasteiger partial charge in [0.05, 0.1) is 5.69 Å². The standard InChI is InChI=1S/C6H8N2O2.2C2H4O2/c7-3-1-2-4(9)6(10)5(3)8;2*1-2(3)4/h1-2,9-10H,7-8H2;2*1H3,(H,3,4). The van der Waals surface area contributed by atoms with Gasteiger partial charge in [0.2, 0.25) is 0 Å². The highest BCUT2D eigenvalue weighted by Crippen LogP contribution is 2.34. The topological polar surface area (TPSA) is 167 Å². The minimum absolute atomic E-state index is 0.0139. The number of phenolic OH excluding ortho intramolecular Hbond substituents is 2. The molecule has 8 N–H and O–H groups in total. The van der Waals surface area contributed by atoms with Crippen LogP contribution in [0.4, 0.5) is 11.4 Å².